The number of rotatable bonds is 7. The highest BCUT2D eigenvalue weighted by molar-refractivity contribution is 7.26. The van der Waals surface area contributed by atoms with Gasteiger partial charge in [0.05, 0.1) is 33.5 Å². The highest BCUT2D eigenvalue weighted by atomic mass is 35.5. The van der Waals surface area contributed by atoms with E-state index in [0.717, 1.165) is 101 Å². The van der Waals surface area contributed by atoms with Crippen LogP contribution >= 0.6 is 34.3 Å². The molecular formula is C97H60ClN5S2. The maximum absolute atomic E-state index is 6.43. The summed E-state index contributed by atoms with van der Waals surface area (Å²) in [7, 11) is 0. The second kappa shape index (κ2) is 25.9. The fourth-order valence-corrected chi connectivity index (χ4v) is 18.2. The van der Waals surface area contributed by atoms with Crippen LogP contribution in [0.2, 0.25) is 5.28 Å². The van der Waals surface area contributed by atoms with Crippen molar-refractivity contribution >= 4 is 140 Å². The molecule has 105 heavy (non-hydrogen) atoms. The number of hydrogen-bond donors (Lipinski definition) is 0. The molecule has 0 bridgehead atoms. The summed E-state index contributed by atoms with van der Waals surface area (Å²) in [5.41, 5.74) is 22.7. The fourth-order valence-electron chi connectivity index (χ4n) is 15.7. The van der Waals surface area contributed by atoms with Crippen molar-refractivity contribution in [1.29, 1.82) is 0 Å². The molecule has 0 atom stereocenters. The first-order chi connectivity index (χ1) is 51.9. The number of nitrogens with zero attached hydrogens (tertiary/aromatic N) is 5. The van der Waals surface area contributed by atoms with Crippen LogP contribution in [-0.4, -0.2) is 24.5 Å². The summed E-state index contributed by atoms with van der Waals surface area (Å²) in [4.78, 5) is 20.2. The van der Waals surface area contributed by atoms with E-state index in [1.54, 1.807) is 0 Å². The summed E-state index contributed by atoms with van der Waals surface area (Å²) < 4.78 is 7.41. The first kappa shape index (κ1) is 62.1. The summed E-state index contributed by atoms with van der Waals surface area (Å²) in [6.45, 7) is 0. The van der Waals surface area contributed by atoms with Gasteiger partial charge < -0.3 is 0 Å². The lowest BCUT2D eigenvalue weighted by atomic mass is 9.91. The molecule has 5 nitrogen and oxygen atoms in total. The number of thiophene rings is 2. The first-order valence-corrected chi connectivity index (χ1v) is 37.4. The normalized spacial score (nSPS) is 11.8. The van der Waals surface area contributed by atoms with Gasteiger partial charge in [0.25, 0.3) is 0 Å². The Morgan fingerprint density at radius 2 is 0.686 bits per heavy atom. The minimum atomic E-state index is 0.250. The van der Waals surface area contributed by atoms with Gasteiger partial charge in [-0.3, -0.25) is 4.57 Å². The monoisotopic (exact) mass is 1390 g/mol. The van der Waals surface area contributed by atoms with Gasteiger partial charge in [-0.15, -0.1) is 22.7 Å². The standard InChI is InChI=1S/C48H29N3S.C32H19ClN2S.C17H12/c1-3-13-30(14-4-1)38-28-41-42(29-39(38)34-23-24-37-36-20-10-12-22-45(36)52-46(37)27-34)49-48(50-47(41)31-15-5-2-6-16-31)51-43-21-11-9-19-35(43)40-25-32-17-7-8-18-33(32)26-44(40)51;33-32-34-28-19-26(22-15-16-24-23-13-7-8-14-29(23)36-30(24)17-22)25(20-9-3-1-4-10-20)18-27(28)31(35-32)21-11-5-2-6-12-21;1-2-6-13-11-17-15(9-12(13)5-1)10-14-7-3-4-8-16(14)17/h1-29H;1-19H;1-9,11H,10H2. The maximum atomic E-state index is 6.43. The molecule has 0 radical (unpaired) electrons. The van der Waals surface area contributed by atoms with Crippen LogP contribution in [0.5, 0.6) is 0 Å². The van der Waals surface area contributed by atoms with Crippen molar-refractivity contribution < 1.29 is 0 Å². The molecule has 0 fully saturated rings. The molecule has 0 saturated carbocycles. The van der Waals surface area contributed by atoms with Crippen LogP contribution in [0.3, 0.4) is 0 Å². The van der Waals surface area contributed by atoms with Crippen molar-refractivity contribution in [3.8, 4) is 84.1 Å². The van der Waals surface area contributed by atoms with Crippen LogP contribution in [0.25, 0.3) is 190 Å². The van der Waals surface area contributed by atoms with Gasteiger partial charge in [0.2, 0.25) is 11.2 Å². The third-order valence-electron chi connectivity index (χ3n) is 20.7. The van der Waals surface area contributed by atoms with E-state index in [1.165, 1.54) is 100 Å². The molecule has 1 aliphatic carbocycles. The van der Waals surface area contributed by atoms with Crippen LogP contribution in [0.4, 0.5) is 0 Å². The van der Waals surface area contributed by atoms with E-state index in [0.29, 0.717) is 5.95 Å². The summed E-state index contributed by atoms with van der Waals surface area (Å²) >= 11 is 10.1. The van der Waals surface area contributed by atoms with Gasteiger partial charge in [-0.05, 0) is 179 Å². The van der Waals surface area contributed by atoms with Crippen LogP contribution in [0.15, 0.2) is 352 Å². The molecule has 0 amide bonds. The number of hydrogen-bond acceptors (Lipinski definition) is 6. The molecule has 0 spiro atoms. The largest absolute Gasteiger partial charge is 0.278 e. The van der Waals surface area contributed by atoms with Gasteiger partial charge in [0, 0.05) is 73.0 Å². The van der Waals surface area contributed by atoms with Crippen LogP contribution in [0.1, 0.15) is 11.1 Å². The second-order valence-electron chi connectivity index (χ2n) is 26.9. The van der Waals surface area contributed by atoms with Gasteiger partial charge >= 0.3 is 0 Å². The molecule has 21 aromatic rings. The zero-order valence-electron chi connectivity index (χ0n) is 56.6. The summed E-state index contributed by atoms with van der Waals surface area (Å²) in [5.74, 6) is 0.659. The second-order valence-corrected chi connectivity index (χ2v) is 29.4. The lowest BCUT2D eigenvalue weighted by molar-refractivity contribution is 1.01. The molecule has 0 aliphatic heterocycles. The molecule has 0 saturated heterocycles. The van der Waals surface area contributed by atoms with Gasteiger partial charge in [0.1, 0.15) is 0 Å². The van der Waals surface area contributed by atoms with Gasteiger partial charge in [-0.2, -0.15) is 0 Å². The molecule has 5 heterocycles. The molecule has 0 unspecified atom stereocenters. The number of benzene rings is 16. The Kier molecular flexibility index (Phi) is 15.3. The predicted molar refractivity (Wildman–Crippen MR) is 447 cm³/mol. The summed E-state index contributed by atoms with van der Waals surface area (Å²) in [6.07, 6.45) is 1.08. The zero-order valence-corrected chi connectivity index (χ0v) is 59.0. The number of para-hydroxylation sites is 1. The van der Waals surface area contributed by atoms with Crippen molar-refractivity contribution in [2.45, 2.75) is 6.42 Å². The minimum absolute atomic E-state index is 0.250. The highest BCUT2D eigenvalue weighted by Crippen LogP contribution is 2.46. The number of aromatic nitrogens is 5. The first-order valence-electron chi connectivity index (χ1n) is 35.4. The van der Waals surface area contributed by atoms with Crippen molar-refractivity contribution in [1.82, 2.24) is 24.5 Å². The van der Waals surface area contributed by atoms with Crippen molar-refractivity contribution in [2.24, 2.45) is 0 Å². The Hall–Kier alpha value is -12.8. The van der Waals surface area contributed by atoms with E-state index in [-0.39, 0.29) is 5.28 Å². The predicted octanol–water partition coefficient (Wildman–Crippen LogP) is 27.3. The van der Waals surface area contributed by atoms with E-state index in [4.69, 9.17) is 21.6 Å². The highest BCUT2D eigenvalue weighted by Gasteiger charge is 2.23. The SMILES string of the molecule is Clc1nc(-c2ccccc2)c2cc(-c3ccccc3)c(-c3ccc4c(c3)sc3ccccc34)cc2n1.c1ccc(-c2cc3c(-c4ccccc4)nc(-n4c5ccccc5c5cc6ccccc6cc54)nc3cc2-c2ccc3c(c2)sc2ccccc23)cc1.c1ccc2c(c1)Cc1cc3ccccc3cc1-2. The molecule has 22 rings (SSSR count). The Morgan fingerprint density at radius 3 is 1.27 bits per heavy atom. The van der Waals surface area contributed by atoms with E-state index in [9.17, 15) is 0 Å². The minimum Gasteiger partial charge on any atom is -0.278 e. The average Bonchev–Trinajstić information content (AvgIpc) is 1.64. The maximum Gasteiger partial charge on any atom is 0.235 e. The molecule has 492 valence electrons. The third-order valence-corrected chi connectivity index (χ3v) is 23.1. The summed E-state index contributed by atoms with van der Waals surface area (Å²) in [5, 5.41) is 14.9. The van der Waals surface area contributed by atoms with Gasteiger partial charge in [0.15, 0.2) is 0 Å². The molecule has 5 aromatic heterocycles. The van der Waals surface area contributed by atoms with Crippen molar-refractivity contribution in [3.63, 3.8) is 0 Å². The van der Waals surface area contributed by atoms with Crippen LogP contribution < -0.4 is 0 Å². The van der Waals surface area contributed by atoms with E-state index >= 15 is 0 Å². The lowest BCUT2D eigenvalue weighted by Crippen LogP contribution is -2.04. The molecule has 8 heteroatoms. The Morgan fingerprint density at radius 1 is 0.248 bits per heavy atom. The summed E-state index contributed by atoms with van der Waals surface area (Å²) in [6, 6.07) is 126. The Bertz CT molecular complexity index is 7010. The van der Waals surface area contributed by atoms with Gasteiger partial charge in [-0.25, -0.2) is 19.9 Å². The fraction of sp³-hybridized carbons (Fsp3) is 0.0103. The molecule has 16 aromatic carbocycles. The van der Waals surface area contributed by atoms with Crippen molar-refractivity contribution in [2.75, 3.05) is 0 Å². The lowest BCUT2D eigenvalue weighted by Gasteiger charge is -2.16. The van der Waals surface area contributed by atoms with E-state index in [2.05, 4.69) is 342 Å². The van der Waals surface area contributed by atoms with Crippen LogP contribution in [-0.2, 0) is 6.42 Å². The Balaban J connectivity index is 0.000000118. The zero-order chi connectivity index (χ0) is 69.5. The molecule has 0 N–H and O–H groups in total. The molecule has 1 aliphatic rings. The third kappa shape index (κ3) is 11.2. The van der Waals surface area contributed by atoms with E-state index < -0.39 is 0 Å². The topological polar surface area (TPSA) is 56.5 Å². The van der Waals surface area contributed by atoms with Gasteiger partial charge in [-0.1, -0.05) is 279 Å². The number of fused-ring (bicyclic) bond motifs is 16. The smallest absolute Gasteiger partial charge is 0.235 e. The quantitative estimate of drug-likeness (QED) is 0.149. The number of halogens is 1. The Labute approximate surface area is 618 Å². The van der Waals surface area contributed by atoms with E-state index in [1.807, 2.05) is 46.9 Å². The van der Waals surface area contributed by atoms with Crippen LogP contribution in [0, 0.1) is 0 Å². The average molecular weight is 1400 g/mol. The molecular weight excluding hydrogens is 1330 g/mol. The van der Waals surface area contributed by atoms with Crippen molar-refractivity contribution in [3.05, 3.63) is 368 Å².